The van der Waals surface area contributed by atoms with Crippen molar-refractivity contribution < 1.29 is 4.74 Å². The largest absolute Gasteiger partial charge is 0.493 e. The second-order valence-corrected chi connectivity index (χ2v) is 5.91. The SMILES string of the molecule is CCCNC(c1cccc2c1OCC2)C1CCCC1. The first-order valence-electron chi connectivity index (χ1n) is 7.88. The zero-order chi connectivity index (χ0) is 13.1. The molecule has 19 heavy (non-hydrogen) atoms. The lowest BCUT2D eigenvalue weighted by Crippen LogP contribution is -2.28. The summed E-state index contributed by atoms with van der Waals surface area (Å²) in [5.41, 5.74) is 2.81. The van der Waals surface area contributed by atoms with E-state index in [1.54, 1.807) is 0 Å². The summed E-state index contributed by atoms with van der Waals surface area (Å²) in [4.78, 5) is 0. The highest BCUT2D eigenvalue weighted by molar-refractivity contribution is 5.46. The van der Waals surface area contributed by atoms with Crippen molar-refractivity contribution in [3.05, 3.63) is 29.3 Å². The lowest BCUT2D eigenvalue weighted by Gasteiger charge is -2.26. The van der Waals surface area contributed by atoms with Crippen LogP contribution in [-0.2, 0) is 6.42 Å². The molecule has 0 saturated heterocycles. The summed E-state index contributed by atoms with van der Waals surface area (Å²) in [6.07, 6.45) is 7.79. The summed E-state index contributed by atoms with van der Waals surface area (Å²) in [7, 11) is 0. The molecule has 1 aliphatic carbocycles. The molecule has 0 aromatic heterocycles. The molecule has 2 aliphatic rings. The number of nitrogens with one attached hydrogen (secondary N) is 1. The van der Waals surface area contributed by atoms with Crippen LogP contribution in [0.25, 0.3) is 0 Å². The molecular formula is C17H25NO. The van der Waals surface area contributed by atoms with Crippen LogP contribution in [0, 0.1) is 5.92 Å². The molecule has 2 nitrogen and oxygen atoms in total. The Morgan fingerprint density at radius 2 is 2.16 bits per heavy atom. The molecule has 1 aromatic carbocycles. The lowest BCUT2D eigenvalue weighted by atomic mass is 9.90. The van der Waals surface area contributed by atoms with E-state index < -0.39 is 0 Å². The van der Waals surface area contributed by atoms with Gasteiger partial charge in [0.2, 0.25) is 0 Å². The Bertz CT molecular complexity index is 423. The molecule has 0 amide bonds. The van der Waals surface area contributed by atoms with E-state index in [1.165, 1.54) is 49.0 Å². The number of ether oxygens (including phenoxy) is 1. The Kier molecular flexibility index (Phi) is 4.07. The van der Waals surface area contributed by atoms with Crippen molar-refractivity contribution in [2.75, 3.05) is 13.2 Å². The summed E-state index contributed by atoms with van der Waals surface area (Å²) < 4.78 is 5.91. The van der Waals surface area contributed by atoms with Gasteiger partial charge in [0.1, 0.15) is 5.75 Å². The van der Waals surface area contributed by atoms with Gasteiger partial charge in [-0.15, -0.1) is 0 Å². The molecule has 1 heterocycles. The molecule has 104 valence electrons. The van der Waals surface area contributed by atoms with Crippen LogP contribution in [0.15, 0.2) is 18.2 Å². The Balaban J connectivity index is 1.88. The zero-order valence-electron chi connectivity index (χ0n) is 12.0. The van der Waals surface area contributed by atoms with Crippen LogP contribution in [0.2, 0.25) is 0 Å². The molecular weight excluding hydrogens is 234 g/mol. The van der Waals surface area contributed by atoms with Crippen LogP contribution in [0.1, 0.15) is 56.2 Å². The van der Waals surface area contributed by atoms with Gasteiger partial charge >= 0.3 is 0 Å². The molecule has 1 N–H and O–H groups in total. The fourth-order valence-electron chi connectivity index (χ4n) is 3.61. The maximum Gasteiger partial charge on any atom is 0.127 e. The van der Waals surface area contributed by atoms with Crippen molar-refractivity contribution in [3.63, 3.8) is 0 Å². The first-order chi connectivity index (χ1) is 9.40. The summed E-state index contributed by atoms with van der Waals surface area (Å²) in [5.74, 6) is 1.98. The average molecular weight is 259 g/mol. The lowest BCUT2D eigenvalue weighted by molar-refractivity contribution is 0.326. The molecule has 2 heteroatoms. The van der Waals surface area contributed by atoms with E-state index in [-0.39, 0.29) is 0 Å². The normalized spacial score (nSPS) is 20.3. The van der Waals surface area contributed by atoms with Gasteiger partial charge in [0.15, 0.2) is 0 Å². The fraction of sp³-hybridized carbons (Fsp3) is 0.647. The van der Waals surface area contributed by atoms with Crippen molar-refractivity contribution in [1.29, 1.82) is 0 Å². The minimum absolute atomic E-state index is 0.496. The standard InChI is InChI=1S/C17H25NO/c1-2-11-18-16(13-6-3-4-7-13)15-9-5-8-14-10-12-19-17(14)15/h5,8-9,13,16,18H,2-4,6-7,10-12H2,1H3. The highest BCUT2D eigenvalue weighted by Crippen LogP contribution is 2.41. The second-order valence-electron chi connectivity index (χ2n) is 5.91. The van der Waals surface area contributed by atoms with Crippen molar-refractivity contribution in [2.24, 2.45) is 5.92 Å². The first kappa shape index (κ1) is 13.0. The summed E-state index contributed by atoms with van der Waals surface area (Å²) >= 11 is 0. The maximum absolute atomic E-state index is 5.91. The zero-order valence-corrected chi connectivity index (χ0v) is 12.0. The van der Waals surface area contributed by atoms with E-state index in [0.717, 1.165) is 25.5 Å². The summed E-state index contributed by atoms with van der Waals surface area (Å²) in [6.45, 7) is 4.20. The van der Waals surface area contributed by atoms with Crippen LogP contribution >= 0.6 is 0 Å². The van der Waals surface area contributed by atoms with Crippen molar-refractivity contribution >= 4 is 0 Å². The quantitative estimate of drug-likeness (QED) is 0.867. The third-order valence-corrected chi connectivity index (χ3v) is 4.57. The van der Waals surface area contributed by atoms with E-state index in [0.29, 0.717) is 6.04 Å². The van der Waals surface area contributed by atoms with Gasteiger partial charge in [-0.3, -0.25) is 0 Å². The Hall–Kier alpha value is -1.02. The summed E-state index contributed by atoms with van der Waals surface area (Å²) in [6, 6.07) is 7.20. The number of benzene rings is 1. The topological polar surface area (TPSA) is 21.3 Å². The molecule has 1 aliphatic heterocycles. The monoisotopic (exact) mass is 259 g/mol. The minimum Gasteiger partial charge on any atom is -0.493 e. The van der Waals surface area contributed by atoms with Gasteiger partial charge in [-0.25, -0.2) is 0 Å². The molecule has 1 fully saturated rings. The second kappa shape index (κ2) is 5.96. The Morgan fingerprint density at radius 1 is 1.32 bits per heavy atom. The first-order valence-corrected chi connectivity index (χ1v) is 7.88. The summed E-state index contributed by atoms with van der Waals surface area (Å²) in [5, 5.41) is 3.78. The molecule has 0 radical (unpaired) electrons. The van der Waals surface area contributed by atoms with Gasteiger partial charge in [-0.2, -0.15) is 0 Å². The van der Waals surface area contributed by atoms with Gasteiger partial charge in [0.25, 0.3) is 0 Å². The van der Waals surface area contributed by atoms with Gasteiger partial charge in [-0.1, -0.05) is 38.0 Å². The van der Waals surface area contributed by atoms with Gasteiger partial charge < -0.3 is 10.1 Å². The predicted octanol–water partition coefficient (Wildman–Crippen LogP) is 3.85. The smallest absolute Gasteiger partial charge is 0.127 e. The minimum atomic E-state index is 0.496. The average Bonchev–Trinajstić information content (AvgIpc) is 3.10. The molecule has 3 rings (SSSR count). The van der Waals surface area contributed by atoms with Crippen LogP contribution in [-0.4, -0.2) is 13.2 Å². The number of hydrogen-bond donors (Lipinski definition) is 1. The molecule has 0 spiro atoms. The Morgan fingerprint density at radius 3 is 2.95 bits per heavy atom. The number of fused-ring (bicyclic) bond motifs is 1. The van der Waals surface area contributed by atoms with Gasteiger partial charge in [-0.05, 0) is 37.3 Å². The number of rotatable bonds is 5. The molecule has 0 bridgehead atoms. The van der Waals surface area contributed by atoms with Crippen molar-refractivity contribution in [2.45, 2.75) is 51.5 Å². The highest BCUT2D eigenvalue weighted by atomic mass is 16.5. The van der Waals surface area contributed by atoms with Crippen LogP contribution in [0.3, 0.4) is 0 Å². The third-order valence-electron chi connectivity index (χ3n) is 4.57. The van der Waals surface area contributed by atoms with Crippen LogP contribution in [0.4, 0.5) is 0 Å². The van der Waals surface area contributed by atoms with E-state index in [4.69, 9.17) is 4.74 Å². The molecule has 1 atom stereocenters. The van der Waals surface area contributed by atoms with E-state index >= 15 is 0 Å². The number of hydrogen-bond acceptors (Lipinski definition) is 2. The van der Waals surface area contributed by atoms with Crippen LogP contribution < -0.4 is 10.1 Å². The predicted molar refractivity (Wildman–Crippen MR) is 78.6 cm³/mol. The molecule has 1 aromatic rings. The van der Waals surface area contributed by atoms with Crippen molar-refractivity contribution in [3.8, 4) is 5.75 Å². The van der Waals surface area contributed by atoms with Crippen LogP contribution in [0.5, 0.6) is 5.75 Å². The molecule has 1 unspecified atom stereocenters. The third kappa shape index (κ3) is 2.64. The van der Waals surface area contributed by atoms with E-state index in [2.05, 4.69) is 30.4 Å². The van der Waals surface area contributed by atoms with Gasteiger partial charge in [0.05, 0.1) is 6.61 Å². The van der Waals surface area contributed by atoms with Crippen molar-refractivity contribution in [1.82, 2.24) is 5.32 Å². The maximum atomic E-state index is 5.91. The number of para-hydroxylation sites is 1. The highest BCUT2D eigenvalue weighted by Gasteiger charge is 2.29. The fourth-order valence-corrected chi connectivity index (χ4v) is 3.61. The Labute approximate surface area is 116 Å². The van der Waals surface area contributed by atoms with E-state index in [9.17, 15) is 0 Å². The van der Waals surface area contributed by atoms with Gasteiger partial charge in [0, 0.05) is 18.0 Å². The molecule has 1 saturated carbocycles. The van der Waals surface area contributed by atoms with E-state index in [1.807, 2.05) is 0 Å².